The summed E-state index contributed by atoms with van der Waals surface area (Å²) >= 11 is 0. The molecule has 0 saturated carbocycles. The fourth-order valence-electron chi connectivity index (χ4n) is 2.21. The summed E-state index contributed by atoms with van der Waals surface area (Å²) in [4.78, 5) is 21.7. The largest absolute Gasteiger partial charge is 0.380 e. The molecule has 8 nitrogen and oxygen atoms in total. The SMILES string of the molecule is CCc1cc([N+](=O)[O-])c(NC(C)CC)c([N+](=O)[O-])c1COC. The lowest BCUT2D eigenvalue weighted by molar-refractivity contribution is -0.393. The number of nitro benzene ring substituents is 2. The van der Waals surface area contributed by atoms with Gasteiger partial charge in [0, 0.05) is 19.2 Å². The van der Waals surface area contributed by atoms with E-state index in [-0.39, 0.29) is 29.7 Å². The van der Waals surface area contributed by atoms with E-state index >= 15 is 0 Å². The van der Waals surface area contributed by atoms with Gasteiger partial charge < -0.3 is 10.1 Å². The minimum absolute atomic E-state index is 0.0344. The number of methoxy groups -OCH3 is 1. The number of rotatable bonds is 8. The lowest BCUT2D eigenvalue weighted by Crippen LogP contribution is -2.17. The zero-order valence-corrected chi connectivity index (χ0v) is 13.2. The first kappa shape index (κ1) is 17.8. The summed E-state index contributed by atoms with van der Waals surface area (Å²) in [7, 11) is 1.44. The number of nitrogens with zero attached hydrogens (tertiary/aromatic N) is 2. The van der Waals surface area contributed by atoms with Crippen LogP contribution in [0.4, 0.5) is 17.1 Å². The predicted octanol–water partition coefficient (Wildman–Crippen LogP) is 3.42. The Kier molecular flexibility index (Phi) is 6.24. The van der Waals surface area contributed by atoms with Crippen LogP contribution in [0.15, 0.2) is 6.07 Å². The first-order valence-corrected chi connectivity index (χ1v) is 7.10. The van der Waals surface area contributed by atoms with Gasteiger partial charge in [-0.3, -0.25) is 20.2 Å². The monoisotopic (exact) mass is 311 g/mol. The minimum Gasteiger partial charge on any atom is -0.380 e. The van der Waals surface area contributed by atoms with Crippen LogP contribution in [0.25, 0.3) is 0 Å². The summed E-state index contributed by atoms with van der Waals surface area (Å²) in [6, 6.07) is 1.27. The number of ether oxygens (including phenoxy) is 1. The van der Waals surface area contributed by atoms with Gasteiger partial charge in [-0.2, -0.15) is 0 Å². The molecule has 0 saturated heterocycles. The molecular weight excluding hydrogens is 290 g/mol. The molecule has 0 spiro atoms. The second kappa shape index (κ2) is 7.69. The van der Waals surface area contributed by atoms with Crippen molar-refractivity contribution in [3.63, 3.8) is 0 Å². The molecule has 0 amide bonds. The van der Waals surface area contributed by atoms with Gasteiger partial charge in [-0.1, -0.05) is 13.8 Å². The summed E-state index contributed by atoms with van der Waals surface area (Å²) in [5, 5.41) is 25.7. The maximum absolute atomic E-state index is 11.5. The van der Waals surface area contributed by atoms with Crippen LogP contribution in [0, 0.1) is 20.2 Å². The van der Waals surface area contributed by atoms with E-state index in [2.05, 4.69) is 5.32 Å². The smallest absolute Gasteiger partial charge is 0.305 e. The number of hydrogen-bond donors (Lipinski definition) is 1. The number of anilines is 1. The molecule has 1 rings (SSSR count). The van der Waals surface area contributed by atoms with Crippen molar-refractivity contribution < 1.29 is 14.6 Å². The van der Waals surface area contributed by atoms with E-state index in [0.717, 1.165) is 0 Å². The molecule has 0 heterocycles. The average Bonchev–Trinajstić information content (AvgIpc) is 2.46. The fourth-order valence-corrected chi connectivity index (χ4v) is 2.21. The Morgan fingerprint density at radius 2 is 1.91 bits per heavy atom. The van der Waals surface area contributed by atoms with Crippen LogP contribution in [0.1, 0.15) is 38.3 Å². The molecule has 0 aliphatic heterocycles. The van der Waals surface area contributed by atoms with Crippen molar-refractivity contribution in [2.75, 3.05) is 12.4 Å². The Hall–Kier alpha value is -2.22. The number of hydrogen-bond acceptors (Lipinski definition) is 6. The lowest BCUT2D eigenvalue weighted by Gasteiger charge is -2.17. The van der Waals surface area contributed by atoms with Crippen molar-refractivity contribution in [1.29, 1.82) is 0 Å². The Morgan fingerprint density at radius 3 is 2.32 bits per heavy atom. The van der Waals surface area contributed by atoms with Gasteiger partial charge >= 0.3 is 5.69 Å². The Morgan fingerprint density at radius 1 is 1.27 bits per heavy atom. The summed E-state index contributed by atoms with van der Waals surface area (Å²) in [5.41, 5.74) is 0.340. The van der Waals surface area contributed by atoms with E-state index in [1.165, 1.54) is 13.2 Å². The molecule has 0 aliphatic rings. The van der Waals surface area contributed by atoms with E-state index in [9.17, 15) is 20.2 Å². The summed E-state index contributed by atoms with van der Waals surface area (Å²) in [6.45, 7) is 5.54. The molecule has 0 bridgehead atoms. The van der Waals surface area contributed by atoms with Crippen molar-refractivity contribution in [2.24, 2.45) is 0 Å². The molecule has 1 unspecified atom stereocenters. The van der Waals surface area contributed by atoms with Crippen LogP contribution in [0.5, 0.6) is 0 Å². The molecule has 122 valence electrons. The topological polar surface area (TPSA) is 108 Å². The van der Waals surface area contributed by atoms with Crippen molar-refractivity contribution >= 4 is 17.1 Å². The molecule has 0 aliphatic carbocycles. The van der Waals surface area contributed by atoms with Crippen molar-refractivity contribution in [3.05, 3.63) is 37.4 Å². The Balaban J connectivity index is 3.69. The molecule has 0 aromatic heterocycles. The zero-order chi connectivity index (χ0) is 16.9. The number of nitro groups is 2. The normalized spacial score (nSPS) is 12.0. The first-order valence-electron chi connectivity index (χ1n) is 7.10. The van der Waals surface area contributed by atoms with Gasteiger partial charge in [0.1, 0.15) is 0 Å². The highest BCUT2D eigenvalue weighted by Crippen LogP contribution is 2.40. The predicted molar refractivity (Wildman–Crippen MR) is 83.2 cm³/mol. The molecule has 1 aromatic rings. The zero-order valence-electron chi connectivity index (χ0n) is 13.2. The first-order chi connectivity index (χ1) is 10.4. The Labute approximate surface area is 128 Å². The molecule has 1 N–H and O–H groups in total. The summed E-state index contributed by atoms with van der Waals surface area (Å²) in [6.07, 6.45) is 1.13. The van der Waals surface area contributed by atoms with Gasteiger partial charge in [0.15, 0.2) is 5.69 Å². The lowest BCUT2D eigenvalue weighted by atomic mass is 10.00. The van der Waals surface area contributed by atoms with E-state index in [1.54, 1.807) is 6.92 Å². The third-order valence-electron chi connectivity index (χ3n) is 3.53. The van der Waals surface area contributed by atoms with Gasteiger partial charge in [0.05, 0.1) is 22.0 Å². The molecule has 1 aromatic carbocycles. The van der Waals surface area contributed by atoms with E-state index < -0.39 is 9.85 Å². The van der Waals surface area contributed by atoms with Gasteiger partial charge in [-0.15, -0.1) is 0 Å². The van der Waals surface area contributed by atoms with Gasteiger partial charge in [0.2, 0.25) is 0 Å². The fraction of sp³-hybridized carbons (Fsp3) is 0.571. The summed E-state index contributed by atoms with van der Waals surface area (Å²) < 4.78 is 5.05. The molecule has 8 heteroatoms. The highest BCUT2D eigenvalue weighted by molar-refractivity contribution is 5.78. The van der Waals surface area contributed by atoms with Crippen molar-refractivity contribution in [2.45, 2.75) is 46.3 Å². The van der Waals surface area contributed by atoms with Crippen LogP contribution in [0.3, 0.4) is 0 Å². The van der Waals surface area contributed by atoms with E-state index in [4.69, 9.17) is 4.74 Å². The van der Waals surface area contributed by atoms with E-state index in [0.29, 0.717) is 24.0 Å². The Bertz CT molecular complexity index is 574. The highest BCUT2D eigenvalue weighted by Gasteiger charge is 2.32. The number of benzene rings is 1. The maximum atomic E-state index is 11.5. The second-order valence-electron chi connectivity index (χ2n) is 5.01. The van der Waals surface area contributed by atoms with Crippen molar-refractivity contribution in [1.82, 2.24) is 0 Å². The van der Waals surface area contributed by atoms with Gasteiger partial charge in [0.25, 0.3) is 5.69 Å². The van der Waals surface area contributed by atoms with Gasteiger partial charge in [-0.05, 0) is 25.3 Å². The van der Waals surface area contributed by atoms with Gasteiger partial charge in [-0.25, -0.2) is 0 Å². The third kappa shape index (κ3) is 3.70. The quantitative estimate of drug-likeness (QED) is 0.582. The minimum atomic E-state index is -0.590. The van der Waals surface area contributed by atoms with Crippen LogP contribution in [-0.2, 0) is 17.8 Å². The molecule has 0 fully saturated rings. The maximum Gasteiger partial charge on any atom is 0.305 e. The number of aryl methyl sites for hydroxylation is 1. The third-order valence-corrected chi connectivity index (χ3v) is 3.53. The molecule has 22 heavy (non-hydrogen) atoms. The van der Waals surface area contributed by atoms with Crippen molar-refractivity contribution in [3.8, 4) is 0 Å². The molecule has 1 atom stereocenters. The standard InChI is InChI=1S/C14H21N3O5/c1-5-9(3)15-13-12(16(18)19)7-10(6-2)11(8-22-4)14(13)17(20)21/h7,9,15H,5-6,8H2,1-4H3. The second-order valence-corrected chi connectivity index (χ2v) is 5.01. The van der Waals surface area contributed by atoms with Crippen LogP contribution < -0.4 is 5.32 Å². The highest BCUT2D eigenvalue weighted by atomic mass is 16.6. The van der Waals surface area contributed by atoms with Crippen LogP contribution in [-0.4, -0.2) is 23.0 Å². The molecule has 0 radical (unpaired) electrons. The summed E-state index contributed by atoms with van der Waals surface area (Å²) in [5.74, 6) is 0. The molecular formula is C14H21N3O5. The van der Waals surface area contributed by atoms with E-state index in [1.807, 2.05) is 13.8 Å². The average molecular weight is 311 g/mol. The number of nitrogens with one attached hydrogen (secondary N) is 1. The van der Waals surface area contributed by atoms with Crippen LogP contribution in [0.2, 0.25) is 0 Å². The van der Waals surface area contributed by atoms with Crippen LogP contribution >= 0.6 is 0 Å².